The van der Waals surface area contributed by atoms with Gasteiger partial charge in [0.15, 0.2) is 0 Å². The highest BCUT2D eigenvalue weighted by Crippen LogP contribution is 2.32. The van der Waals surface area contributed by atoms with E-state index in [-0.39, 0.29) is 29.3 Å². The molecular weight excluding hydrogens is 509 g/mol. The predicted molar refractivity (Wildman–Crippen MR) is 150 cm³/mol. The predicted octanol–water partition coefficient (Wildman–Crippen LogP) is 4.98. The van der Waals surface area contributed by atoms with Crippen LogP contribution in [-0.2, 0) is 14.4 Å². The third-order valence-corrected chi connectivity index (χ3v) is 6.41. The lowest BCUT2D eigenvalue weighted by Gasteiger charge is -2.27. The Labute approximate surface area is 227 Å². The van der Waals surface area contributed by atoms with Crippen molar-refractivity contribution >= 4 is 47.0 Å². The van der Waals surface area contributed by atoms with Gasteiger partial charge in [0.2, 0.25) is 0 Å². The molecule has 10 heteroatoms. The molecule has 0 atom stereocenters. The number of amides is 1. The van der Waals surface area contributed by atoms with Crippen molar-refractivity contribution in [2.75, 3.05) is 56.2 Å². The highest BCUT2D eigenvalue weighted by Gasteiger charge is 2.29. The summed E-state index contributed by atoms with van der Waals surface area (Å²) in [5, 5.41) is 4.62. The van der Waals surface area contributed by atoms with Gasteiger partial charge in [-0.2, -0.15) is 0 Å². The normalized spacial score (nSPS) is 17.9. The van der Waals surface area contributed by atoms with Gasteiger partial charge in [-0.3, -0.25) is 9.63 Å². The van der Waals surface area contributed by atoms with Crippen molar-refractivity contribution in [2.45, 2.75) is 13.3 Å². The first-order valence-electron chi connectivity index (χ1n) is 12.5. The lowest BCUT2D eigenvalue weighted by molar-refractivity contribution is -0.176. The summed E-state index contributed by atoms with van der Waals surface area (Å²) in [5.41, 5.74) is 2.82. The Morgan fingerprint density at radius 1 is 1.24 bits per heavy atom. The summed E-state index contributed by atoms with van der Waals surface area (Å²) in [4.78, 5) is 29.2. The number of halogens is 2. The van der Waals surface area contributed by atoms with Gasteiger partial charge in [-0.25, -0.2) is 19.4 Å². The molecule has 0 unspecified atom stereocenters. The van der Waals surface area contributed by atoms with Gasteiger partial charge < -0.3 is 15.0 Å². The number of benzene rings is 2. The zero-order chi connectivity index (χ0) is 26.9. The molecule has 8 nitrogen and oxygen atoms in total. The molecule has 1 amide bonds. The number of hydroxylamine groups is 2. The molecule has 2 aliphatic heterocycles. The van der Waals surface area contributed by atoms with E-state index in [0.29, 0.717) is 18.0 Å². The number of amidine groups is 1. The van der Waals surface area contributed by atoms with Gasteiger partial charge in [0.25, 0.3) is 5.91 Å². The van der Waals surface area contributed by atoms with Crippen LogP contribution in [0, 0.1) is 5.82 Å². The summed E-state index contributed by atoms with van der Waals surface area (Å²) in [7, 11) is 0. The van der Waals surface area contributed by atoms with E-state index in [1.807, 2.05) is 12.1 Å². The molecule has 0 aliphatic carbocycles. The van der Waals surface area contributed by atoms with Crippen LogP contribution in [0.1, 0.15) is 18.9 Å². The molecule has 2 heterocycles. The Morgan fingerprint density at radius 2 is 2.05 bits per heavy atom. The summed E-state index contributed by atoms with van der Waals surface area (Å²) in [5.74, 6) is -0.615. The Morgan fingerprint density at radius 3 is 2.79 bits per heavy atom. The van der Waals surface area contributed by atoms with E-state index in [9.17, 15) is 9.18 Å². The topological polar surface area (TPSA) is 78.8 Å². The number of ether oxygens (including phenoxy) is 1. The molecule has 2 aromatic rings. The van der Waals surface area contributed by atoms with Crippen molar-refractivity contribution in [1.29, 1.82) is 0 Å². The number of nitrogens with one attached hydrogen (secondary N) is 1. The maximum atomic E-state index is 14.6. The van der Waals surface area contributed by atoms with Crippen LogP contribution in [0.2, 0.25) is 5.02 Å². The van der Waals surface area contributed by atoms with E-state index in [0.717, 1.165) is 44.1 Å². The SMILES string of the molecule is C=NC(CNc1ccc(N2CCCOCC2)cc1)=N/C=C1/C=C(c2c(F)cccc2Cl)C(=O)N(OCC)C1. The molecule has 0 saturated carbocycles. The maximum Gasteiger partial charge on any atom is 0.278 e. The minimum absolute atomic E-state index is 0.0262. The fourth-order valence-corrected chi connectivity index (χ4v) is 4.48. The van der Waals surface area contributed by atoms with Crippen molar-refractivity contribution in [3.8, 4) is 0 Å². The van der Waals surface area contributed by atoms with Crippen molar-refractivity contribution in [1.82, 2.24) is 5.06 Å². The lowest BCUT2D eigenvalue weighted by Crippen LogP contribution is -2.36. The molecule has 200 valence electrons. The van der Waals surface area contributed by atoms with E-state index in [1.165, 1.54) is 23.3 Å². The van der Waals surface area contributed by atoms with Crippen LogP contribution in [-0.4, -0.2) is 69.5 Å². The van der Waals surface area contributed by atoms with E-state index < -0.39 is 11.7 Å². The number of hydrogen-bond acceptors (Lipinski definition) is 6. The average Bonchev–Trinajstić information content (AvgIpc) is 3.21. The van der Waals surface area contributed by atoms with Crippen LogP contribution in [0.15, 0.2) is 70.3 Å². The van der Waals surface area contributed by atoms with Gasteiger partial charge in [-0.15, -0.1) is 0 Å². The quantitative estimate of drug-likeness (QED) is 0.378. The summed E-state index contributed by atoms with van der Waals surface area (Å²) in [6.45, 7) is 9.54. The molecule has 0 bridgehead atoms. The smallest absolute Gasteiger partial charge is 0.278 e. The Balaban J connectivity index is 1.49. The third kappa shape index (κ3) is 6.86. The van der Waals surface area contributed by atoms with Gasteiger partial charge in [0, 0.05) is 42.8 Å². The van der Waals surface area contributed by atoms with Gasteiger partial charge in [0.1, 0.15) is 11.7 Å². The number of nitrogens with zero attached hydrogens (tertiary/aromatic N) is 4. The van der Waals surface area contributed by atoms with Crippen molar-refractivity contribution < 1.29 is 18.8 Å². The van der Waals surface area contributed by atoms with Crippen LogP contribution < -0.4 is 10.2 Å². The molecule has 38 heavy (non-hydrogen) atoms. The molecule has 2 aromatic carbocycles. The number of rotatable bonds is 8. The Hall–Kier alpha value is -3.53. The number of anilines is 2. The first-order valence-corrected chi connectivity index (χ1v) is 12.9. The first-order chi connectivity index (χ1) is 18.5. The average molecular weight is 540 g/mol. The van der Waals surface area contributed by atoms with Crippen LogP contribution in [0.4, 0.5) is 15.8 Å². The second-order valence-electron chi connectivity index (χ2n) is 8.68. The van der Waals surface area contributed by atoms with Crippen molar-refractivity contribution in [2.24, 2.45) is 9.98 Å². The van der Waals surface area contributed by atoms with Crippen LogP contribution >= 0.6 is 11.6 Å². The highest BCUT2D eigenvalue weighted by atomic mass is 35.5. The first kappa shape index (κ1) is 27.5. The molecule has 1 saturated heterocycles. The number of aliphatic imine (C=N–C) groups is 2. The van der Waals surface area contributed by atoms with Crippen LogP contribution in [0.25, 0.3) is 5.57 Å². The summed E-state index contributed by atoms with van der Waals surface area (Å²) >= 11 is 6.23. The molecule has 2 aliphatic rings. The molecule has 0 radical (unpaired) electrons. The van der Waals surface area contributed by atoms with Crippen LogP contribution in [0.5, 0.6) is 0 Å². The number of carbonyl (C=O) groups excluding carboxylic acids is 1. The largest absolute Gasteiger partial charge is 0.380 e. The molecule has 0 aromatic heterocycles. The molecular formula is C28H31ClFN5O3. The monoisotopic (exact) mass is 539 g/mol. The second kappa shape index (κ2) is 13.3. The van der Waals surface area contributed by atoms with E-state index in [4.69, 9.17) is 21.2 Å². The number of carbonyl (C=O) groups is 1. The molecule has 4 rings (SSSR count). The number of hydrogen-bond donors (Lipinski definition) is 1. The van der Waals surface area contributed by atoms with Gasteiger partial charge in [-0.1, -0.05) is 17.7 Å². The minimum Gasteiger partial charge on any atom is -0.380 e. The summed E-state index contributed by atoms with van der Waals surface area (Å²) in [6.07, 6.45) is 4.16. The lowest BCUT2D eigenvalue weighted by atomic mass is 9.98. The van der Waals surface area contributed by atoms with Crippen molar-refractivity contribution in [3.63, 3.8) is 0 Å². The van der Waals surface area contributed by atoms with E-state index in [1.54, 1.807) is 19.2 Å². The zero-order valence-corrected chi connectivity index (χ0v) is 22.1. The fraction of sp³-hybridized carbons (Fsp3) is 0.321. The van der Waals surface area contributed by atoms with Crippen molar-refractivity contribution in [3.05, 3.63) is 76.7 Å². The van der Waals surface area contributed by atoms with Gasteiger partial charge in [0.05, 0.1) is 36.9 Å². The summed E-state index contributed by atoms with van der Waals surface area (Å²) < 4.78 is 20.1. The molecule has 0 spiro atoms. The molecule has 1 fully saturated rings. The molecule has 1 N–H and O–H groups in total. The summed E-state index contributed by atoms with van der Waals surface area (Å²) in [6, 6.07) is 12.5. The van der Waals surface area contributed by atoms with Crippen LogP contribution in [0.3, 0.4) is 0 Å². The fourth-order valence-electron chi connectivity index (χ4n) is 4.21. The minimum atomic E-state index is -0.592. The Kier molecular flexibility index (Phi) is 9.64. The van der Waals surface area contributed by atoms with Gasteiger partial charge >= 0.3 is 0 Å². The maximum absolute atomic E-state index is 14.6. The third-order valence-electron chi connectivity index (χ3n) is 6.10. The van der Waals surface area contributed by atoms with E-state index in [2.05, 4.69) is 39.1 Å². The standard InChI is InChI=1S/C28H31ClFN5O3/c1-3-38-35-19-20(16-23(28(35)36)27-24(29)6-4-7-25(27)30)17-33-26(31-2)18-32-21-8-10-22(11-9-21)34-12-5-14-37-15-13-34/h4,6-11,16-17,32H,2-3,5,12-15,18-19H2,1H3/b20-17-,33-26?. The zero-order valence-electron chi connectivity index (χ0n) is 21.3. The highest BCUT2D eigenvalue weighted by molar-refractivity contribution is 6.35. The van der Waals surface area contributed by atoms with E-state index >= 15 is 0 Å². The second-order valence-corrected chi connectivity index (χ2v) is 9.08. The van der Waals surface area contributed by atoms with Gasteiger partial charge in [-0.05, 0) is 68.1 Å². The Bertz CT molecular complexity index is 1220.